The quantitative estimate of drug-likeness (QED) is 0.140. The largest absolute Gasteiger partial charge is 0.376 e. The number of hydrogen-bond acceptors (Lipinski definition) is 10. The maximum Gasteiger partial charge on any atom is 0.194 e. The highest BCUT2D eigenvalue weighted by molar-refractivity contribution is 5.37. The minimum Gasteiger partial charge on any atom is -0.376 e. The predicted molar refractivity (Wildman–Crippen MR) is 218 cm³/mol. The van der Waals surface area contributed by atoms with E-state index in [-0.39, 0.29) is 22.7 Å². The van der Waals surface area contributed by atoms with Crippen molar-refractivity contribution in [3.8, 4) is 12.1 Å². The van der Waals surface area contributed by atoms with Crippen LogP contribution in [0.4, 0.5) is 11.4 Å². The molecule has 6 unspecified atom stereocenters. The second-order valence-corrected chi connectivity index (χ2v) is 18.9. The van der Waals surface area contributed by atoms with E-state index in [1.54, 1.807) is 28.1 Å². The third-order valence-electron chi connectivity index (χ3n) is 10.9. The topological polar surface area (TPSA) is 140 Å². The number of nitriles is 2. The molecule has 6 atom stereocenters. The molecule has 54 heavy (non-hydrogen) atoms. The molecule has 0 aliphatic carbocycles. The molecule has 0 radical (unpaired) electrons. The second kappa shape index (κ2) is 17.7. The molecule has 0 heterocycles. The van der Waals surface area contributed by atoms with Crippen molar-refractivity contribution in [3.63, 3.8) is 0 Å². The van der Waals surface area contributed by atoms with Crippen molar-refractivity contribution in [1.82, 2.24) is 0 Å². The number of nitrogens with zero attached hydrogens (tertiary/aromatic N) is 8. The minimum atomic E-state index is -1.59. The summed E-state index contributed by atoms with van der Waals surface area (Å²) in [6, 6.07) is 23.7. The highest BCUT2D eigenvalue weighted by atomic mass is 16.5. The van der Waals surface area contributed by atoms with Gasteiger partial charge in [-0.2, -0.15) is 41.2 Å². The number of azo groups is 3. The van der Waals surface area contributed by atoms with Crippen LogP contribution in [0.5, 0.6) is 0 Å². The van der Waals surface area contributed by atoms with Gasteiger partial charge in [-0.05, 0) is 114 Å². The first-order valence-corrected chi connectivity index (χ1v) is 19.1. The van der Waals surface area contributed by atoms with E-state index in [2.05, 4.69) is 77.8 Å². The summed E-state index contributed by atoms with van der Waals surface area (Å²) < 4.78 is 12.7. The van der Waals surface area contributed by atoms with Gasteiger partial charge in [0.05, 0.1) is 34.7 Å². The molecule has 296 valence electrons. The van der Waals surface area contributed by atoms with E-state index < -0.39 is 33.4 Å². The molecular weight excluding hydrogens is 673 g/mol. The number of methoxy groups -OCH3 is 2. The van der Waals surface area contributed by atoms with Crippen molar-refractivity contribution in [2.75, 3.05) is 14.2 Å². The summed E-state index contributed by atoms with van der Waals surface area (Å²) in [5.41, 5.74) is -7.10. The minimum absolute atomic E-state index is 0.0183. The fourth-order valence-electron chi connectivity index (χ4n) is 8.03. The van der Waals surface area contributed by atoms with Crippen LogP contribution in [0.2, 0.25) is 0 Å². The van der Waals surface area contributed by atoms with Gasteiger partial charge in [0, 0.05) is 14.2 Å². The van der Waals surface area contributed by atoms with Crippen LogP contribution in [0.25, 0.3) is 0 Å². The van der Waals surface area contributed by atoms with Crippen molar-refractivity contribution >= 4 is 11.4 Å². The number of rotatable bonds is 18. The normalized spacial score (nSPS) is 19.0. The summed E-state index contributed by atoms with van der Waals surface area (Å²) in [6.07, 6.45) is 2.42. The van der Waals surface area contributed by atoms with Crippen molar-refractivity contribution in [2.24, 2.45) is 53.4 Å². The van der Waals surface area contributed by atoms with Gasteiger partial charge in [-0.15, -0.1) is 0 Å². The smallest absolute Gasteiger partial charge is 0.194 e. The first-order valence-electron chi connectivity index (χ1n) is 19.1. The Labute approximate surface area is 327 Å². The molecule has 10 nitrogen and oxygen atoms in total. The Hall–Kier alpha value is -3.86. The predicted octanol–water partition coefficient (Wildman–Crippen LogP) is 12.8. The third kappa shape index (κ3) is 10.9. The highest BCUT2D eigenvalue weighted by Crippen LogP contribution is 2.52. The molecule has 0 aromatic heterocycles. The van der Waals surface area contributed by atoms with Gasteiger partial charge in [-0.25, -0.2) is 0 Å². The Balaban J connectivity index is 3.23. The molecule has 0 N–H and O–H groups in total. The summed E-state index contributed by atoms with van der Waals surface area (Å²) in [6.45, 7) is 28.7. The van der Waals surface area contributed by atoms with E-state index in [1.165, 1.54) is 0 Å². The average molecular weight is 741 g/mol. The Bertz CT molecular complexity index is 1540. The first-order chi connectivity index (χ1) is 24.8. The molecular formula is C44H68N8O2. The Kier molecular flexibility index (Phi) is 15.2. The van der Waals surface area contributed by atoms with Crippen LogP contribution in [0.1, 0.15) is 123 Å². The highest BCUT2D eigenvalue weighted by Gasteiger charge is 2.65. The van der Waals surface area contributed by atoms with Gasteiger partial charge in [0.2, 0.25) is 0 Å². The maximum absolute atomic E-state index is 11.3. The fourth-order valence-corrected chi connectivity index (χ4v) is 8.03. The summed E-state index contributed by atoms with van der Waals surface area (Å²) in [5, 5.41) is 52.2. The van der Waals surface area contributed by atoms with Crippen LogP contribution in [0, 0.1) is 45.3 Å². The summed E-state index contributed by atoms with van der Waals surface area (Å²) in [5.74, 6) is 0.0884. The lowest BCUT2D eigenvalue weighted by Gasteiger charge is -2.52. The third-order valence-corrected chi connectivity index (χ3v) is 10.9. The molecule has 10 heteroatoms. The van der Waals surface area contributed by atoms with E-state index >= 15 is 0 Å². The Morgan fingerprint density at radius 2 is 0.796 bits per heavy atom. The summed E-state index contributed by atoms with van der Waals surface area (Å²) in [4.78, 5) is 0. The van der Waals surface area contributed by atoms with Crippen LogP contribution < -0.4 is 0 Å². The van der Waals surface area contributed by atoms with Crippen molar-refractivity contribution in [1.29, 1.82) is 10.5 Å². The molecule has 0 saturated carbocycles. The number of hydrogen-bond donors (Lipinski definition) is 0. The number of benzene rings is 2. The van der Waals surface area contributed by atoms with Gasteiger partial charge >= 0.3 is 0 Å². The zero-order valence-corrected chi connectivity index (χ0v) is 36.2. The van der Waals surface area contributed by atoms with Gasteiger partial charge in [0.15, 0.2) is 11.1 Å². The van der Waals surface area contributed by atoms with Crippen LogP contribution in [0.15, 0.2) is 91.3 Å². The van der Waals surface area contributed by atoms with Gasteiger partial charge in [0.25, 0.3) is 0 Å². The lowest BCUT2D eigenvalue weighted by Crippen LogP contribution is -2.65. The molecule has 0 aliphatic heterocycles. The van der Waals surface area contributed by atoms with E-state index in [0.29, 0.717) is 24.2 Å². The fraction of sp³-hybridized carbons (Fsp3) is 0.682. The standard InChI is InChI=1S/C44H68N8O2/c1-33(27-37(3,4)5)29-43(39(9,10)53-15,41(13,31-45)49-47-35-23-19-17-20-24-35)51-52-44(40(11,12)54-16,30-34(2)28-38(6,7)8)42(14,32-46)50-48-36-25-21-18-22-26-36/h17-26,33-34H,27-30H2,1-16H3. The lowest BCUT2D eigenvalue weighted by molar-refractivity contribution is -0.0908. The van der Waals surface area contributed by atoms with Crippen LogP contribution in [0.3, 0.4) is 0 Å². The van der Waals surface area contributed by atoms with Crippen molar-refractivity contribution < 1.29 is 9.47 Å². The first kappa shape index (κ1) is 46.3. The molecule has 0 aliphatic rings. The summed E-state index contributed by atoms with van der Waals surface area (Å²) in [7, 11) is 3.24. The second-order valence-electron chi connectivity index (χ2n) is 18.9. The molecule has 2 aromatic carbocycles. The summed E-state index contributed by atoms with van der Waals surface area (Å²) >= 11 is 0. The van der Waals surface area contributed by atoms with Gasteiger partial charge in [0.1, 0.15) is 11.1 Å². The van der Waals surface area contributed by atoms with E-state index in [0.717, 1.165) is 12.8 Å². The monoisotopic (exact) mass is 741 g/mol. The van der Waals surface area contributed by atoms with Crippen LogP contribution in [-0.2, 0) is 9.47 Å². The Morgan fingerprint density at radius 1 is 0.500 bits per heavy atom. The zero-order valence-electron chi connectivity index (χ0n) is 36.2. The van der Waals surface area contributed by atoms with Crippen molar-refractivity contribution in [2.45, 2.75) is 156 Å². The molecule has 0 fully saturated rings. The molecule has 0 amide bonds. The zero-order chi connectivity index (χ0) is 41.3. The Morgan fingerprint density at radius 3 is 1.04 bits per heavy atom. The van der Waals surface area contributed by atoms with E-state index in [9.17, 15) is 10.5 Å². The van der Waals surface area contributed by atoms with Gasteiger partial charge < -0.3 is 9.47 Å². The molecule has 0 spiro atoms. The molecule has 2 aromatic rings. The number of ether oxygens (including phenoxy) is 2. The van der Waals surface area contributed by atoms with Crippen molar-refractivity contribution in [3.05, 3.63) is 60.7 Å². The van der Waals surface area contributed by atoms with Crippen LogP contribution in [-0.4, -0.2) is 47.6 Å². The molecule has 0 bridgehead atoms. The van der Waals surface area contributed by atoms with Gasteiger partial charge in [-0.1, -0.05) is 91.8 Å². The van der Waals surface area contributed by atoms with Gasteiger partial charge in [-0.3, -0.25) is 0 Å². The molecule has 0 saturated heterocycles. The maximum atomic E-state index is 11.3. The van der Waals surface area contributed by atoms with Crippen LogP contribution >= 0.6 is 0 Å². The molecule has 2 rings (SSSR count). The lowest BCUT2D eigenvalue weighted by atomic mass is 9.63. The average Bonchev–Trinajstić information content (AvgIpc) is 3.09. The van der Waals surface area contributed by atoms with E-state index in [1.807, 2.05) is 88.4 Å². The SMILES string of the molecule is COC(C)(C)C(CC(C)CC(C)(C)C)(N=NC(CC(C)CC(C)(C)C)(C(C)(C#N)N=Nc1ccccc1)C(C)(C)OC)C(C)(C#N)N=Nc1ccccc1. The van der Waals surface area contributed by atoms with E-state index in [4.69, 9.17) is 29.9 Å².